The minimum absolute atomic E-state index is 0.0192. The van der Waals surface area contributed by atoms with Gasteiger partial charge < -0.3 is 67.7 Å². The van der Waals surface area contributed by atoms with Crippen molar-refractivity contribution in [2.24, 2.45) is 23.5 Å². The molecule has 2 aromatic carbocycles. The van der Waals surface area contributed by atoms with Gasteiger partial charge in [0.2, 0.25) is 53.2 Å². The molecule has 3 saturated heterocycles. The summed E-state index contributed by atoms with van der Waals surface area (Å²) in [6.45, 7) is 9.94. The van der Waals surface area contributed by atoms with Crippen molar-refractivity contribution in [3.8, 4) is 5.75 Å². The smallest absolute Gasteiger partial charge is 0.326 e. The predicted octanol–water partition coefficient (Wildman–Crippen LogP) is -0.157. The molecule has 5 rings (SSSR count). The third kappa shape index (κ3) is 16.7. The van der Waals surface area contributed by atoms with E-state index >= 15 is 0 Å². The van der Waals surface area contributed by atoms with Crippen LogP contribution in [0.2, 0.25) is 0 Å². The van der Waals surface area contributed by atoms with Crippen LogP contribution in [0.15, 0.2) is 54.6 Å². The molecule has 3 aliphatic rings. The van der Waals surface area contributed by atoms with Gasteiger partial charge in [-0.1, -0.05) is 90.4 Å². The maximum absolute atomic E-state index is 14.8. The molecule has 23 heteroatoms. The molecule has 23 nitrogen and oxygen atoms in total. The number of nitrogens with zero attached hydrogens (tertiary/aromatic N) is 3. The number of aromatic hydroxyl groups is 1. The maximum atomic E-state index is 14.8. The van der Waals surface area contributed by atoms with Gasteiger partial charge in [0.25, 0.3) is 0 Å². The summed E-state index contributed by atoms with van der Waals surface area (Å²) in [5, 5.41) is 45.4. The Labute approximate surface area is 455 Å². The maximum Gasteiger partial charge on any atom is 0.326 e. The van der Waals surface area contributed by atoms with Crippen LogP contribution in [0, 0.1) is 17.8 Å². The van der Waals surface area contributed by atoms with Gasteiger partial charge in [-0.05, 0) is 86.0 Å². The van der Waals surface area contributed by atoms with Crippen LogP contribution in [0.25, 0.3) is 0 Å². The van der Waals surface area contributed by atoms with E-state index in [9.17, 15) is 63.3 Å². The minimum atomic E-state index is -1.30. The van der Waals surface area contributed by atoms with Gasteiger partial charge in [0, 0.05) is 32.5 Å². The Hall–Kier alpha value is -7.14. The Morgan fingerprint density at radius 1 is 0.603 bits per heavy atom. The second-order valence-corrected chi connectivity index (χ2v) is 21.4. The Morgan fingerprint density at radius 3 is 1.63 bits per heavy atom. The van der Waals surface area contributed by atoms with Crippen molar-refractivity contribution in [1.82, 2.24) is 46.6 Å². The zero-order chi connectivity index (χ0) is 57.4. The van der Waals surface area contributed by atoms with Gasteiger partial charge >= 0.3 is 5.97 Å². The van der Waals surface area contributed by atoms with Crippen molar-refractivity contribution < 1.29 is 63.3 Å². The highest BCUT2D eigenvalue weighted by Gasteiger charge is 2.43. The number of rotatable bonds is 26. The van der Waals surface area contributed by atoms with Crippen LogP contribution >= 0.6 is 0 Å². The molecule has 3 fully saturated rings. The topological polar surface area (TPSA) is 339 Å². The van der Waals surface area contributed by atoms with Crippen molar-refractivity contribution in [3.63, 3.8) is 0 Å². The molecule has 11 N–H and O–H groups in total. The Morgan fingerprint density at radius 2 is 1.10 bits per heavy atom. The van der Waals surface area contributed by atoms with E-state index in [2.05, 4.69) is 31.9 Å². The number of phenolic OH excluding ortho intramolecular Hbond substituents is 1. The van der Waals surface area contributed by atoms with E-state index in [1.807, 2.05) is 20.8 Å². The number of hydrogen-bond acceptors (Lipinski definition) is 13. The first kappa shape index (κ1) is 61.7. The molecule has 0 aliphatic carbocycles. The molecule has 428 valence electrons. The number of nitrogens with two attached hydrogens (primary N) is 1. The number of carbonyl (C=O) groups excluding carboxylic acids is 9. The average Bonchev–Trinajstić information content (AvgIpc) is 4.24. The molecule has 78 heavy (non-hydrogen) atoms. The number of likely N-dealkylation sites (tertiary alicyclic amines) is 3. The standard InChI is InChI=1S/C55H80N10O13/c1-7-33(6)46(55(77)78)62-51(73)42-17-11-23-63(42)44(68)29-57-49(71)41-16-12-24-64(41)53(75)39(27-34-14-9-8-10-15-34)59-50(72)43-18-13-25-65(43)54(76)40(28-35-19-21-36(67)22-20-35)60-52(74)45(32(4)5)61-48(70)38(26-31(2)3)58-47(69)37(56)30-66/h8-10,14-15,19-22,31-33,37-43,45-46,66-67H,7,11-13,16-18,23-30,56H2,1-6H3,(H,57,71)(H,58,69)(H,59,72)(H,60,74)(H,61,70)(H,62,73)(H,77,78)/t33-,37-,38-,39-,40-,41-,42-,43-,45-,46-/m0/s1. The summed E-state index contributed by atoms with van der Waals surface area (Å²) in [5.41, 5.74) is 6.95. The molecule has 9 amide bonds. The van der Waals surface area contributed by atoms with E-state index in [4.69, 9.17) is 5.73 Å². The van der Waals surface area contributed by atoms with Crippen LogP contribution in [-0.2, 0) is 60.8 Å². The number of carboxylic acids is 1. The van der Waals surface area contributed by atoms with Crippen LogP contribution in [0.3, 0.4) is 0 Å². The summed E-state index contributed by atoms with van der Waals surface area (Å²) >= 11 is 0. The molecule has 3 heterocycles. The lowest BCUT2D eigenvalue weighted by Gasteiger charge is -2.33. The SMILES string of the molecule is CC[C@H](C)[C@H](NC(=O)[C@@H]1CCCN1C(=O)CNC(=O)[C@@H]1CCCN1C(=O)[C@H](Cc1ccccc1)NC(=O)[C@@H]1CCCN1C(=O)[C@H](Cc1ccc(O)cc1)NC(=O)[C@@H](NC(=O)[C@H](CC(C)C)NC(=O)[C@@H](N)CO)C(C)C)C(=O)O. The first-order chi connectivity index (χ1) is 37.0. The van der Waals surface area contributed by atoms with E-state index in [-0.39, 0.29) is 69.3 Å². The fourth-order valence-electron chi connectivity index (χ4n) is 10.2. The number of carbonyl (C=O) groups is 10. The number of aliphatic carboxylic acids is 1. The molecule has 0 aromatic heterocycles. The number of aliphatic hydroxyl groups excluding tert-OH is 1. The average molecular weight is 1090 g/mol. The Balaban J connectivity index is 1.32. The number of carboxylic acid groups (broad SMARTS) is 1. The fourth-order valence-corrected chi connectivity index (χ4v) is 10.2. The molecule has 10 atom stereocenters. The monoisotopic (exact) mass is 1090 g/mol. The molecule has 0 spiro atoms. The lowest BCUT2D eigenvalue weighted by Crippen LogP contribution is -2.61. The summed E-state index contributed by atoms with van der Waals surface area (Å²) in [4.78, 5) is 141. The van der Waals surface area contributed by atoms with Gasteiger partial charge in [0.15, 0.2) is 0 Å². The van der Waals surface area contributed by atoms with E-state index in [1.165, 1.54) is 26.8 Å². The number of amides is 9. The van der Waals surface area contributed by atoms with E-state index in [0.29, 0.717) is 43.2 Å². The number of hydrogen-bond donors (Lipinski definition) is 10. The molecule has 0 radical (unpaired) electrons. The van der Waals surface area contributed by atoms with Gasteiger partial charge in [-0.3, -0.25) is 43.2 Å². The van der Waals surface area contributed by atoms with Crippen LogP contribution in [0.1, 0.15) is 104 Å². The summed E-state index contributed by atoms with van der Waals surface area (Å²) < 4.78 is 0. The van der Waals surface area contributed by atoms with Crippen molar-refractivity contribution in [2.75, 3.05) is 32.8 Å². The van der Waals surface area contributed by atoms with Crippen molar-refractivity contribution in [1.29, 1.82) is 0 Å². The highest BCUT2D eigenvalue weighted by atomic mass is 16.4. The summed E-state index contributed by atoms with van der Waals surface area (Å²) in [7, 11) is 0. The highest BCUT2D eigenvalue weighted by molar-refractivity contribution is 5.99. The second kappa shape index (κ2) is 29.0. The molecule has 0 bridgehead atoms. The fraction of sp³-hybridized carbons (Fsp3) is 0.600. The highest BCUT2D eigenvalue weighted by Crippen LogP contribution is 2.25. The van der Waals surface area contributed by atoms with Crippen molar-refractivity contribution in [3.05, 3.63) is 65.7 Å². The summed E-state index contributed by atoms with van der Waals surface area (Å²) in [6.07, 6.45) is 2.73. The number of phenols is 1. The predicted molar refractivity (Wildman–Crippen MR) is 285 cm³/mol. The second-order valence-electron chi connectivity index (χ2n) is 21.4. The van der Waals surface area contributed by atoms with E-state index < -0.39 is 133 Å². The van der Waals surface area contributed by atoms with Gasteiger partial charge in [-0.25, -0.2) is 4.79 Å². The van der Waals surface area contributed by atoms with E-state index in [0.717, 1.165) is 0 Å². The lowest BCUT2D eigenvalue weighted by molar-refractivity contribution is -0.145. The number of aliphatic hydroxyl groups is 1. The molecular formula is C55H80N10O13. The molecule has 3 aliphatic heterocycles. The van der Waals surface area contributed by atoms with Gasteiger partial charge in [-0.2, -0.15) is 0 Å². The van der Waals surface area contributed by atoms with Gasteiger partial charge in [0.1, 0.15) is 60.1 Å². The Bertz CT molecular complexity index is 2440. The van der Waals surface area contributed by atoms with Crippen LogP contribution in [0.4, 0.5) is 0 Å². The van der Waals surface area contributed by atoms with Crippen LogP contribution < -0.4 is 37.6 Å². The van der Waals surface area contributed by atoms with Crippen LogP contribution in [0.5, 0.6) is 5.75 Å². The first-order valence-electron chi connectivity index (χ1n) is 27.2. The lowest BCUT2D eigenvalue weighted by atomic mass is 9.98. The van der Waals surface area contributed by atoms with Crippen LogP contribution in [-0.4, -0.2) is 176 Å². The third-order valence-electron chi connectivity index (χ3n) is 14.8. The van der Waals surface area contributed by atoms with Crippen molar-refractivity contribution >= 4 is 59.1 Å². The molecule has 0 saturated carbocycles. The molecule has 0 unspecified atom stereocenters. The van der Waals surface area contributed by atoms with Gasteiger partial charge in [0.05, 0.1) is 13.2 Å². The van der Waals surface area contributed by atoms with E-state index in [1.54, 1.807) is 63.2 Å². The third-order valence-corrected chi connectivity index (χ3v) is 14.8. The first-order valence-corrected chi connectivity index (χ1v) is 27.2. The number of nitrogens with one attached hydrogen (secondary N) is 6. The summed E-state index contributed by atoms with van der Waals surface area (Å²) in [6, 6.07) is 4.63. The quantitative estimate of drug-likeness (QED) is 0.0586. The normalized spacial score (nSPS) is 19.9. The van der Waals surface area contributed by atoms with Gasteiger partial charge in [-0.15, -0.1) is 0 Å². The zero-order valence-electron chi connectivity index (χ0n) is 45.6. The molecule has 2 aromatic rings. The Kier molecular flexibility index (Phi) is 23.0. The molecular weight excluding hydrogens is 1010 g/mol. The zero-order valence-corrected chi connectivity index (χ0v) is 45.6. The number of benzene rings is 2. The largest absolute Gasteiger partial charge is 0.508 e. The summed E-state index contributed by atoms with van der Waals surface area (Å²) in [5.74, 6) is -7.94. The van der Waals surface area contributed by atoms with Crippen molar-refractivity contribution in [2.45, 2.75) is 160 Å². The minimum Gasteiger partial charge on any atom is -0.508 e.